The van der Waals surface area contributed by atoms with E-state index >= 15 is 0 Å². The molecule has 18 heavy (non-hydrogen) atoms. The Hall–Kier alpha value is -0.120. The fourth-order valence-electron chi connectivity index (χ4n) is 2.94. The van der Waals surface area contributed by atoms with Crippen molar-refractivity contribution in [3.63, 3.8) is 0 Å². The molecule has 1 saturated heterocycles. The lowest BCUT2D eigenvalue weighted by Gasteiger charge is -2.25. The van der Waals surface area contributed by atoms with Gasteiger partial charge in [-0.25, -0.2) is 0 Å². The largest absolute Gasteiger partial charge is 0.314 e. The fourth-order valence-corrected chi connectivity index (χ4v) is 2.94. The van der Waals surface area contributed by atoms with Crippen LogP contribution in [0.2, 0.25) is 0 Å². The van der Waals surface area contributed by atoms with Crippen LogP contribution in [0.4, 0.5) is 0 Å². The van der Waals surface area contributed by atoms with Crippen molar-refractivity contribution in [2.24, 2.45) is 0 Å². The third-order valence-electron chi connectivity index (χ3n) is 4.42. The Morgan fingerprint density at radius 2 is 2.00 bits per heavy atom. The maximum Gasteiger partial charge on any atom is 0.0220 e. The van der Waals surface area contributed by atoms with Crippen LogP contribution in [0.1, 0.15) is 44.9 Å². The molecule has 3 heteroatoms. The van der Waals surface area contributed by atoms with Crippen molar-refractivity contribution in [1.82, 2.24) is 15.1 Å². The summed E-state index contributed by atoms with van der Waals surface area (Å²) in [5, 5.41) is 3.59. The molecule has 1 atom stereocenters. The van der Waals surface area contributed by atoms with E-state index in [1.165, 1.54) is 71.1 Å². The molecule has 0 bridgehead atoms. The Kier molecular flexibility index (Phi) is 5.93. The van der Waals surface area contributed by atoms with E-state index in [-0.39, 0.29) is 0 Å². The van der Waals surface area contributed by atoms with Gasteiger partial charge < -0.3 is 15.1 Å². The summed E-state index contributed by atoms with van der Waals surface area (Å²) in [5.41, 5.74) is 0. The van der Waals surface area contributed by atoms with Crippen molar-refractivity contribution in [3.05, 3.63) is 0 Å². The zero-order valence-corrected chi connectivity index (χ0v) is 12.3. The Morgan fingerprint density at radius 1 is 1.17 bits per heavy atom. The van der Waals surface area contributed by atoms with Crippen LogP contribution in [0.25, 0.3) is 0 Å². The molecule has 1 aliphatic heterocycles. The van der Waals surface area contributed by atoms with Crippen molar-refractivity contribution in [1.29, 1.82) is 0 Å². The van der Waals surface area contributed by atoms with E-state index < -0.39 is 0 Å². The quantitative estimate of drug-likeness (QED) is 0.634. The van der Waals surface area contributed by atoms with E-state index in [1.54, 1.807) is 0 Å². The van der Waals surface area contributed by atoms with Crippen LogP contribution < -0.4 is 5.32 Å². The zero-order valence-electron chi connectivity index (χ0n) is 12.3. The number of hydrogen-bond acceptors (Lipinski definition) is 3. The molecule has 1 unspecified atom stereocenters. The van der Waals surface area contributed by atoms with Gasteiger partial charge in [0.05, 0.1) is 0 Å². The number of likely N-dealkylation sites (N-methyl/N-ethyl adjacent to an activating group) is 2. The average molecular weight is 253 g/mol. The standard InChI is InChI=1S/C15H31N3/c1-17(13-15-7-6-12-18(15)2)11-5-3-4-10-16-14-8-9-14/h14-16H,3-13H2,1-2H3. The molecular weight excluding hydrogens is 222 g/mol. The average Bonchev–Trinajstić information content (AvgIpc) is 3.09. The summed E-state index contributed by atoms with van der Waals surface area (Å²) in [6, 6.07) is 1.69. The summed E-state index contributed by atoms with van der Waals surface area (Å²) in [7, 11) is 4.56. The van der Waals surface area contributed by atoms with E-state index in [2.05, 4.69) is 29.2 Å². The van der Waals surface area contributed by atoms with Gasteiger partial charge in [0, 0.05) is 18.6 Å². The highest BCUT2D eigenvalue weighted by molar-refractivity contribution is 4.80. The number of nitrogens with one attached hydrogen (secondary N) is 1. The molecule has 1 N–H and O–H groups in total. The first-order valence-electron chi connectivity index (χ1n) is 7.88. The maximum atomic E-state index is 3.59. The lowest BCUT2D eigenvalue weighted by Crippen LogP contribution is -2.37. The van der Waals surface area contributed by atoms with Crippen molar-refractivity contribution >= 4 is 0 Å². The molecule has 2 fully saturated rings. The lowest BCUT2D eigenvalue weighted by molar-refractivity contribution is 0.217. The van der Waals surface area contributed by atoms with Crippen molar-refractivity contribution in [3.8, 4) is 0 Å². The molecule has 0 radical (unpaired) electrons. The first-order valence-corrected chi connectivity index (χ1v) is 7.88. The zero-order chi connectivity index (χ0) is 12.8. The highest BCUT2D eigenvalue weighted by atomic mass is 15.2. The molecule has 1 heterocycles. The summed E-state index contributed by atoms with van der Waals surface area (Å²) >= 11 is 0. The molecule has 106 valence electrons. The van der Waals surface area contributed by atoms with E-state index in [0.717, 1.165) is 12.1 Å². The number of hydrogen-bond donors (Lipinski definition) is 1. The summed E-state index contributed by atoms with van der Waals surface area (Å²) < 4.78 is 0. The van der Waals surface area contributed by atoms with Crippen molar-refractivity contribution in [2.45, 2.75) is 57.0 Å². The minimum absolute atomic E-state index is 0.812. The Labute approximate surface area is 113 Å². The summed E-state index contributed by atoms with van der Waals surface area (Å²) in [4.78, 5) is 5.05. The normalized spacial score (nSPS) is 25.2. The maximum absolute atomic E-state index is 3.59. The van der Waals surface area contributed by atoms with Crippen molar-refractivity contribution < 1.29 is 0 Å². The van der Waals surface area contributed by atoms with Gasteiger partial charge in [-0.2, -0.15) is 0 Å². The smallest absolute Gasteiger partial charge is 0.0220 e. The third-order valence-corrected chi connectivity index (χ3v) is 4.42. The third kappa shape index (κ3) is 5.25. The van der Waals surface area contributed by atoms with E-state index in [1.807, 2.05) is 0 Å². The van der Waals surface area contributed by atoms with Gasteiger partial charge in [0.2, 0.25) is 0 Å². The Balaban J connectivity index is 1.42. The van der Waals surface area contributed by atoms with Gasteiger partial charge in [-0.3, -0.25) is 0 Å². The molecular formula is C15H31N3. The molecule has 3 nitrogen and oxygen atoms in total. The molecule has 0 aromatic carbocycles. The number of rotatable bonds is 9. The molecule has 0 amide bonds. The van der Waals surface area contributed by atoms with E-state index in [0.29, 0.717) is 0 Å². The second-order valence-electron chi connectivity index (χ2n) is 6.33. The van der Waals surface area contributed by atoms with Crippen LogP contribution in [0, 0.1) is 0 Å². The molecule has 0 spiro atoms. The molecule has 1 saturated carbocycles. The van der Waals surface area contributed by atoms with Crippen LogP contribution in [0.3, 0.4) is 0 Å². The second kappa shape index (κ2) is 7.46. The van der Waals surface area contributed by atoms with Crippen LogP contribution in [0.5, 0.6) is 0 Å². The first kappa shape index (κ1) is 14.3. The molecule has 1 aliphatic carbocycles. The van der Waals surface area contributed by atoms with Gasteiger partial charge in [0.1, 0.15) is 0 Å². The van der Waals surface area contributed by atoms with Crippen molar-refractivity contribution in [2.75, 3.05) is 40.3 Å². The topological polar surface area (TPSA) is 18.5 Å². The van der Waals surface area contributed by atoms with Gasteiger partial charge in [-0.1, -0.05) is 6.42 Å². The van der Waals surface area contributed by atoms with Crippen LogP contribution >= 0.6 is 0 Å². The Morgan fingerprint density at radius 3 is 2.67 bits per heavy atom. The van der Waals surface area contributed by atoms with E-state index in [4.69, 9.17) is 0 Å². The van der Waals surface area contributed by atoms with Gasteiger partial charge in [-0.15, -0.1) is 0 Å². The monoisotopic (exact) mass is 253 g/mol. The van der Waals surface area contributed by atoms with E-state index in [9.17, 15) is 0 Å². The van der Waals surface area contributed by atoms with Crippen LogP contribution in [0.15, 0.2) is 0 Å². The first-order chi connectivity index (χ1) is 8.75. The minimum atomic E-state index is 0.812. The SMILES string of the molecule is CN(CCCCCNC1CC1)CC1CCCN1C. The van der Waals surface area contributed by atoms with Crippen LogP contribution in [-0.2, 0) is 0 Å². The molecule has 2 aliphatic rings. The van der Waals surface area contributed by atoms with Gasteiger partial charge in [-0.05, 0) is 72.3 Å². The molecule has 2 rings (SSSR count). The number of likely N-dealkylation sites (tertiary alicyclic amines) is 1. The predicted molar refractivity (Wildman–Crippen MR) is 78.0 cm³/mol. The summed E-state index contributed by atoms with van der Waals surface area (Å²) in [5.74, 6) is 0. The molecule has 0 aromatic rings. The van der Waals surface area contributed by atoms with Gasteiger partial charge in [0.25, 0.3) is 0 Å². The lowest BCUT2D eigenvalue weighted by atomic mass is 10.2. The second-order valence-corrected chi connectivity index (χ2v) is 6.33. The van der Waals surface area contributed by atoms with Gasteiger partial charge in [0.15, 0.2) is 0 Å². The molecule has 0 aromatic heterocycles. The summed E-state index contributed by atoms with van der Waals surface area (Å²) in [6.45, 7) is 5.07. The van der Waals surface area contributed by atoms with Crippen LogP contribution in [-0.4, -0.2) is 62.2 Å². The number of unbranched alkanes of at least 4 members (excludes halogenated alkanes) is 2. The van der Waals surface area contributed by atoms with Gasteiger partial charge >= 0.3 is 0 Å². The fraction of sp³-hybridized carbons (Fsp3) is 1.00. The highest BCUT2D eigenvalue weighted by Crippen LogP contribution is 2.18. The summed E-state index contributed by atoms with van der Waals surface area (Å²) in [6.07, 6.45) is 9.71. The number of nitrogens with zero attached hydrogens (tertiary/aromatic N) is 2. The Bertz CT molecular complexity index is 228. The predicted octanol–water partition coefficient (Wildman–Crippen LogP) is 1.93. The highest BCUT2D eigenvalue weighted by Gasteiger charge is 2.21. The minimum Gasteiger partial charge on any atom is -0.314 e.